The highest BCUT2D eigenvalue weighted by molar-refractivity contribution is 14.1. The van der Waals surface area contributed by atoms with Gasteiger partial charge in [0.15, 0.2) is 0 Å². The van der Waals surface area contributed by atoms with E-state index in [-0.39, 0.29) is 12.0 Å². The summed E-state index contributed by atoms with van der Waals surface area (Å²) < 4.78 is 1.03. The number of amides is 1. The van der Waals surface area contributed by atoms with Crippen molar-refractivity contribution in [1.82, 2.24) is 4.90 Å². The Bertz CT molecular complexity index is 425. The van der Waals surface area contributed by atoms with Crippen molar-refractivity contribution < 1.29 is 9.90 Å². The maximum Gasteiger partial charge on any atom is 0.238 e. The van der Waals surface area contributed by atoms with Gasteiger partial charge >= 0.3 is 0 Å². The average molecular weight is 360 g/mol. The van der Waals surface area contributed by atoms with Crippen LogP contribution >= 0.6 is 22.6 Å². The van der Waals surface area contributed by atoms with Crippen molar-refractivity contribution in [3.05, 3.63) is 27.8 Å². The Morgan fingerprint density at radius 3 is 3.00 bits per heavy atom. The van der Waals surface area contributed by atoms with Gasteiger partial charge in [-0.25, -0.2) is 0 Å². The molecule has 0 aliphatic carbocycles. The number of carbonyl (C=O) groups is 1. The molecule has 0 bridgehead atoms. The second-order valence-corrected chi connectivity index (χ2v) is 5.72. The molecule has 0 aromatic heterocycles. The normalized spacial score (nSPS) is 20.7. The Morgan fingerprint density at radius 2 is 2.28 bits per heavy atom. The minimum atomic E-state index is -0.289. The molecule has 1 fully saturated rings. The Balaban J connectivity index is 1.87. The van der Waals surface area contributed by atoms with Gasteiger partial charge in [-0.1, -0.05) is 12.1 Å². The third-order valence-corrected chi connectivity index (χ3v) is 3.94. The number of β-amino-alcohol motifs (C(OH)–C–C–N with tert-alkyl or cyclic N) is 1. The number of aliphatic hydroxyl groups excluding tert-OH is 1. The summed E-state index contributed by atoms with van der Waals surface area (Å²) in [4.78, 5) is 13.9. The third-order valence-electron chi connectivity index (χ3n) is 3.00. The van der Waals surface area contributed by atoms with Crippen molar-refractivity contribution in [3.8, 4) is 0 Å². The zero-order valence-electron chi connectivity index (χ0n) is 10.1. The zero-order chi connectivity index (χ0) is 13.0. The van der Waals surface area contributed by atoms with E-state index in [2.05, 4.69) is 27.9 Å². The van der Waals surface area contributed by atoms with Gasteiger partial charge in [-0.3, -0.25) is 9.69 Å². The minimum Gasteiger partial charge on any atom is -0.392 e. The van der Waals surface area contributed by atoms with Gasteiger partial charge in [0.1, 0.15) is 0 Å². The number of nitrogens with zero attached hydrogens (tertiary/aromatic N) is 1. The maximum atomic E-state index is 11.9. The first kappa shape index (κ1) is 13.8. The Morgan fingerprint density at radius 1 is 1.50 bits per heavy atom. The largest absolute Gasteiger partial charge is 0.392 e. The summed E-state index contributed by atoms with van der Waals surface area (Å²) >= 11 is 2.20. The summed E-state index contributed by atoms with van der Waals surface area (Å²) in [6.07, 6.45) is 1.51. The van der Waals surface area contributed by atoms with Crippen LogP contribution in [0.4, 0.5) is 5.69 Å². The van der Waals surface area contributed by atoms with Crippen molar-refractivity contribution in [2.75, 3.05) is 25.0 Å². The Labute approximate surface area is 121 Å². The SMILES string of the molecule is O=C(CN1CCC[C@H](O)C1)Nc1ccccc1I. The average Bonchev–Trinajstić information content (AvgIpc) is 2.32. The summed E-state index contributed by atoms with van der Waals surface area (Å²) in [6, 6.07) is 7.70. The molecule has 1 saturated heterocycles. The molecular weight excluding hydrogens is 343 g/mol. The second kappa shape index (κ2) is 6.49. The van der Waals surface area contributed by atoms with Gasteiger partial charge < -0.3 is 10.4 Å². The van der Waals surface area contributed by atoms with Gasteiger partial charge in [-0.15, -0.1) is 0 Å². The monoisotopic (exact) mass is 360 g/mol. The summed E-state index contributed by atoms with van der Waals surface area (Å²) in [6.45, 7) is 1.83. The van der Waals surface area contributed by atoms with Crippen molar-refractivity contribution >= 4 is 34.2 Å². The molecule has 1 amide bonds. The molecular formula is C13H17IN2O2. The van der Waals surface area contributed by atoms with E-state index in [0.29, 0.717) is 13.1 Å². The quantitative estimate of drug-likeness (QED) is 0.807. The van der Waals surface area contributed by atoms with Crippen LogP contribution in [-0.2, 0) is 4.79 Å². The standard InChI is InChI=1S/C13H17IN2O2/c14-11-5-1-2-6-12(11)15-13(18)9-16-7-3-4-10(17)8-16/h1-2,5-6,10,17H,3-4,7-9H2,(H,15,18)/t10-/m0/s1. The molecule has 2 N–H and O–H groups in total. The molecule has 18 heavy (non-hydrogen) atoms. The fourth-order valence-corrected chi connectivity index (χ4v) is 2.65. The van der Waals surface area contributed by atoms with Crippen LogP contribution in [0.25, 0.3) is 0 Å². The second-order valence-electron chi connectivity index (χ2n) is 4.56. The predicted molar refractivity (Wildman–Crippen MR) is 79.5 cm³/mol. The van der Waals surface area contributed by atoms with Crippen LogP contribution < -0.4 is 5.32 Å². The van der Waals surface area contributed by atoms with Gasteiger partial charge in [0, 0.05) is 10.1 Å². The lowest BCUT2D eigenvalue weighted by molar-refractivity contribution is -0.118. The molecule has 0 spiro atoms. The van der Waals surface area contributed by atoms with Gasteiger partial charge in [-0.05, 0) is 54.1 Å². The minimum absolute atomic E-state index is 0.0202. The van der Waals surface area contributed by atoms with Crippen LogP contribution in [0.1, 0.15) is 12.8 Å². The first-order valence-electron chi connectivity index (χ1n) is 6.10. The lowest BCUT2D eigenvalue weighted by Gasteiger charge is -2.29. The van der Waals surface area contributed by atoms with Crippen LogP contribution in [0.2, 0.25) is 0 Å². The van der Waals surface area contributed by atoms with Crippen molar-refractivity contribution in [2.24, 2.45) is 0 Å². The van der Waals surface area contributed by atoms with E-state index in [1.165, 1.54) is 0 Å². The van der Waals surface area contributed by atoms with Crippen LogP contribution in [0.15, 0.2) is 24.3 Å². The molecule has 5 heteroatoms. The van der Waals surface area contributed by atoms with Gasteiger partial charge in [-0.2, -0.15) is 0 Å². The van der Waals surface area contributed by atoms with E-state index >= 15 is 0 Å². The molecule has 1 aromatic carbocycles. The molecule has 2 rings (SSSR count). The zero-order valence-corrected chi connectivity index (χ0v) is 12.3. The molecule has 0 unspecified atom stereocenters. The van der Waals surface area contributed by atoms with Gasteiger partial charge in [0.2, 0.25) is 5.91 Å². The van der Waals surface area contributed by atoms with Crippen LogP contribution in [0, 0.1) is 3.57 Å². The number of hydrogen-bond donors (Lipinski definition) is 2. The van der Waals surface area contributed by atoms with Crippen LogP contribution in [-0.4, -0.2) is 41.7 Å². The van der Waals surface area contributed by atoms with E-state index in [4.69, 9.17) is 0 Å². The molecule has 1 atom stereocenters. The number of para-hydroxylation sites is 1. The van der Waals surface area contributed by atoms with Crippen LogP contribution in [0.3, 0.4) is 0 Å². The number of aliphatic hydroxyl groups is 1. The molecule has 1 aliphatic rings. The van der Waals surface area contributed by atoms with E-state index in [1.807, 2.05) is 29.2 Å². The fraction of sp³-hybridized carbons (Fsp3) is 0.462. The number of anilines is 1. The van der Waals surface area contributed by atoms with E-state index < -0.39 is 0 Å². The fourth-order valence-electron chi connectivity index (χ4n) is 2.13. The Hall–Kier alpha value is -0.660. The summed E-state index contributed by atoms with van der Waals surface area (Å²) in [5.74, 6) is -0.0202. The molecule has 98 valence electrons. The first-order chi connectivity index (χ1) is 8.65. The Kier molecular flexibility index (Phi) is 4.96. The number of halogens is 1. The van der Waals surface area contributed by atoms with Crippen molar-refractivity contribution in [1.29, 1.82) is 0 Å². The topological polar surface area (TPSA) is 52.6 Å². The third kappa shape index (κ3) is 3.93. The molecule has 1 heterocycles. The predicted octanol–water partition coefficient (Wildman–Crippen LogP) is 1.69. The number of nitrogens with one attached hydrogen (secondary N) is 1. The lowest BCUT2D eigenvalue weighted by atomic mass is 10.1. The van der Waals surface area contributed by atoms with E-state index in [9.17, 15) is 9.90 Å². The number of likely N-dealkylation sites (tertiary alicyclic amines) is 1. The van der Waals surface area contributed by atoms with Crippen LogP contribution in [0.5, 0.6) is 0 Å². The van der Waals surface area contributed by atoms with E-state index in [0.717, 1.165) is 28.6 Å². The molecule has 4 nitrogen and oxygen atoms in total. The number of piperidine rings is 1. The highest BCUT2D eigenvalue weighted by Gasteiger charge is 2.19. The number of rotatable bonds is 3. The van der Waals surface area contributed by atoms with Crippen molar-refractivity contribution in [2.45, 2.75) is 18.9 Å². The highest BCUT2D eigenvalue weighted by Crippen LogP contribution is 2.17. The van der Waals surface area contributed by atoms with Gasteiger partial charge in [0.25, 0.3) is 0 Å². The summed E-state index contributed by atoms with van der Waals surface area (Å²) in [5, 5.41) is 12.5. The lowest BCUT2D eigenvalue weighted by Crippen LogP contribution is -2.42. The maximum absolute atomic E-state index is 11.9. The molecule has 1 aliphatic heterocycles. The number of carbonyl (C=O) groups excluding carboxylic acids is 1. The van der Waals surface area contributed by atoms with Crippen molar-refractivity contribution in [3.63, 3.8) is 0 Å². The number of benzene rings is 1. The molecule has 0 saturated carbocycles. The summed E-state index contributed by atoms with van der Waals surface area (Å²) in [5.41, 5.74) is 0.848. The smallest absolute Gasteiger partial charge is 0.238 e. The summed E-state index contributed by atoms with van der Waals surface area (Å²) in [7, 11) is 0. The molecule has 1 aromatic rings. The highest BCUT2D eigenvalue weighted by atomic mass is 127. The molecule has 0 radical (unpaired) electrons. The number of hydrogen-bond acceptors (Lipinski definition) is 3. The van der Waals surface area contributed by atoms with Gasteiger partial charge in [0.05, 0.1) is 18.3 Å². The van der Waals surface area contributed by atoms with E-state index in [1.54, 1.807) is 0 Å². The first-order valence-corrected chi connectivity index (χ1v) is 7.18.